The highest BCUT2D eigenvalue weighted by atomic mass is 79.9. The molecule has 2 rings (SSSR count). The average Bonchev–Trinajstić information content (AvgIpc) is 2.95. The van der Waals surface area contributed by atoms with Crippen LogP contribution in [0.3, 0.4) is 0 Å². The Morgan fingerprint density at radius 1 is 1.55 bits per heavy atom. The number of hydrogen-bond acceptors (Lipinski definition) is 5. The van der Waals surface area contributed by atoms with Crippen molar-refractivity contribution in [3.05, 3.63) is 16.5 Å². The van der Waals surface area contributed by atoms with Crippen LogP contribution < -0.4 is 4.72 Å². The van der Waals surface area contributed by atoms with Crippen LogP contribution in [0.2, 0.25) is 0 Å². The molecule has 7 nitrogen and oxygen atoms in total. The number of hydrogen-bond donors (Lipinski definition) is 2. The summed E-state index contributed by atoms with van der Waals surface area (Å²) in [6.45, 7) is 0. The van der Waals surface area contributed by atoms with E-state index in [0.29, 0.717) is 12.8 Å². The maximum absolute atomic E-state index is 12.2. The minimum atomic E-state index is -3.94. The maximum Gasteiger partial charge on any atom is 0.371 e. The van der Waals surface area contributed by atoms with Gasteiger partial charge in [0, 0.05) is 12.1 Å². The third-order valence-electron chi connectivity index (χ3n) is 3.14. The van der Waals surface area contributed by atoms with E-state index >= 15 is 0 Å². The van der Waals surface area contributed by atoms with E-state index in [1.54, 1.807) is 0 Å². The molecule has 1 aromatic heterocycles. The van der Waals surface area contributed by atoms with E-state index in [2.05, 4.69) is 26.7 Å². The summed E-state index contributed by atoms with van der Waals surface area (Å²) in [6, 6.07) is 2.55. The lowest BCUT2D eigenvalue weighted by Crippen LogP contribution is -2.36. The molecule has 1 aromatic rings. The van der Waals surface area contributed by atoms with Gasteiger partial charge in [0.05, 0.1) is 12.0 Å². The fraction of sp³-hybridized carbons (Fsp3) is 0.455. The van der Waals surface area contributed by atoms with Crippen molar-refractivity contribution in [2.24, 2.45) is 5.92 Å². The Morgan fingerprint density at radius 2 is 2.25 bits per heavy atom. The summed E-state index contributed by atoms with van der Waals surface area (Å²) in [6.07, 6.45) is 2.01. The molecule has 0 aliphatic heterocycles. The molecule has 108 valence electrons. The zero-order valence-electron chi connectivity index (χ0n) is 10.2. The Balaban J connectivity index is 2.27. The second-order valence-electron chi connectivity index (χ2n) is 4.45. The van der Waals surface area contributed by atoms with E-state index in [1.807, 2.05) is 0 Å². The highest BCUT2D eigenvalue weighted by molar-refractivity contribution is 9.10. The molecule has 1 heterocycles. The van der Waals surface area contributed by atoms with E-state index < -0.39 is 27.8 Å². The standard InChI is InChI=1S/C11H11BrN2O5S/c12-10-9(4-8(19-10)11(15)16)20(17,18)14-7-3-1-2-6(7)5-13/h4,6-7,14H,1-3H2,(H,15,16). The van der Waals surface area contributed by atoms with E-state index in [4.69, 9.17) is 14.8 Å². The van der Waals surface area contributed by atoms with Gasteiger partial charge in [-0.25, -0.2) is 17.9 Å². The van der Waals surface area contributed by atoms with Gasteiger partial charge in [0.15, 0.2) is 4.67 Å². The lowest BCUT2D eigenvalue weighted by atomic mass is 10.1. The van der Waals surface area contributed by atoms with Gasteiger partial charge in [-0.05, 0) is 28.8 Å². The third kappa shape index (κ3) is 2.87. The summed E-state index contributed by atoms with van der Waals surface area (Å²) in [5, 5.41) is 17.7. The first kappa shape index (κ1) is 15.0. The van der Waals surface area contributed by atoms with Crippen LogP contribution in [0.5, 0.6) is 0 Å². The predicted molar refractivity (Wildman–Crippen MR) is 70.4 cm³/mol. The lowest BCUT2D eigenvalue weighted by Gasteiger charge is -2.14. The zero-order valence-corrected chi connectivity index (χ0v) is 12.6. The minimum Gasteiger partial charge on any atom is -0.475 e. The summed E-state index contributed by atoms with van der Waals surface area (Å²) in [5.74, 6) is -2.20. The number of nitrogens with zero attached hydrogens (tertiary/aromatic N) is 1. The molecule has 2 atom stereocenters. The molecule has 1 aliphatic carbocycles. The fourth-order valence-electron chi connectivity index (χ4n) is 2.16. The maximum atomic E-state index is 12.2. The highest BCUT2D eigenvalue weighted by Gasteiger charge is 2.33. The Bertz CT molecular complexity index is 675. The van der Waals surface area contributed by atoms with Crippen LogP contribution in [0.1, 0.15) is 29.8 Å². The van der Waals surface area contributed by atoms with Crippen molar-refractivity contribution in [2.45, 2.75) is 30.2 Å². The number of carbonyl (C=O) groups is 1. The van der Waals surface area contributed by atoms with Crippen molar-refractivity contribution >= 4 is 31.9 Å². The number of furan rings is 1. The topological polar surface area (TPSA) is 120 Å². The van der Waals surface area contributed by atoms with Crippen molar-refractivity contribution in [3.8, 4) is 6.07 Å². The van der Waals surface area contributed by atoms with Gasteiger partial charge in [0.1, 0.15) is 4.90 Å². The number of nitriles is 1. The number of sulfonamides is 1. The van der Waals surface area contributed by atoms with Crippen molar-refractivity contribution < 1.29 is 22.7 Å². The quantitative estimate of drug-likeness (QED) is 0.840. The number of carboxylic acid groups (broad SMARTS) is 1. The largest absolute Gasteiger partial charge is 0.475 e. The molecule has 20 heavy (non-hydrogen) atoms. The Labute approximate surface area is 123 Å². The molecular formula is C11H11BrN2O5S. The van der Waals surface area contributed by atoms with Crippen LogP contribution >= 0.6 is 15.9 Å². The van der Waals surface area contributed by atoms with Crippen LogP contribution in [0, 0.1) is 17.2 Å². The lowest BCUT2D eigenvalue weighted by molar-refractivity contribution is 0.0661. The van der Waals surface area contributed by atoms with Crippen LogP contribution in [0.25, 0.3) is 0 Å². The van der Waals surface area contributed by atoms with Gasteiger partial charge in [0.25, 0.3) is 0 Å². The summed E-state index contributed by atoms with van der Waals surface area (Å²) in [4.78, 5) is 10.5. The summed E-state index contributed by atoms with van der Waals surface area (Å²) in [5.41, 5.74) is 0. The molecule has 1 saturated carbocycles. The van der Waals surface area contributed by atoms with Gasteiger partial charge in [-0.2, -0.15) is 5.26 Å². The van der Waals surface area contributed by atoms with E-state index in [-0.39, 0.29) is 15.5 Å². The first-order chi connectivity index (χ1) is 9.35. The molecule has 0 amide bonds. The van der Waals surface area contributed by atoms with Gasteiger partial charge in [-0.1, -0.05) is 6.42 Å². The van der Waals surface area contributed by atoms with Crippen LogP contribution in [0.4, 0.5) is 0 Å². The summed E-state index contributed by atoms with van der Waals surface area (Å²) < 4.78 is 31.5. The van der Waals surface area contributed by atoms with Crippen LogP contribution in [0.15, 0.2) is 20.0 Å². The van der Waals surface area contributed by atoms with Gasteiger partial charge >= 0.3 is 5.97 Å². The van der Waals surface area contributed by atoms with Crippen LogP contribution in [-0.2, 0) is 10.0 Å². The van der Waals surface area contributed by atoms with E-state index in [9.17, 15) is 13.2 Å². The third-order valence-corrected chi connectivity index (χ3v) is 5.49. The second-order valence-corrected chi connectivity index (χ2v) is 6.85. The Morgan fingerprint density at radius 3 is 2.80 bits per heavy atom. The molecule has 1 fully saturated rings. The molecule has 2 unspecified atom stereocenters. The minimum absolute atomic E-state index is 0.172. The number of aromatic carboxylic acids is 1. The number of halogens is 1. The van der Waals surface area contributed by atoms with Gasteiger partial charge in [0.2, 0.25) is 15.8 Å². The molecule has 0 bridgehead atoms. The van der Waals surface area contributed by atoms with Gasteiger partial charge in [-0.15, -0.1) is 0 Å². The van der Waals surface area contributed by atoms with Gasteiger partial charge in [-0.3, -0.25) is 0 Å². The van der Waals surface area contributed by atoms with Crippen molar-refractivity contribution in [1.29, 1.82) is 5.26 Å². The normalized spacial score (nSPS) is 22.6. The van der Waals surface area contributed by atoms with Crippen LogP contribution in [-0.4, -0.2) is 25.5 Å². The first-order valence-electron chi connectivity index (χ1n) is 5.79. The zero-order chi connectivity index (χ0) is 14.9. The predicted octanol–water partition coefficient (Wildman–Crippen LogP) is 1.71. The molecule has 0 radical (unpaired) electrons. The van der Waals surface area contributed by atoms with E-state index in [0.717, 1.165) is 12.5 Å². The summed E-state index contributed by atoms with van der Waals surface area (Å²) >= 11 is 2.89. The monoisotopic (exact) mass is 362 g/mol. The van der Waals surface area contributed by atoms with E-state index in [1.165, 1.54) is 0 Å². The molecule has 0 aromatic carbocycles. The Hall–Kier alpha value is -1.37. The molecule has 2 N–H and O–H groups in total. The summed E-state index contributed by atoms with van der Waals surface area (Å²) in [7, 11) is -3.94. The van der Waals surface area contributed by atoms with Crippen molar-refractivity contribution in [3.63, 3.8) is 0 Å². The SMILES string of the molecule is N#CC1CCCC1NS(=O)(=O)c1cc(C(=O)O)oc1Br. The molecule has 1 aliphatic rings. The fourth-order valence-corrected chi connectivity index (χ4v) is 4.41. The first-order valence-corrected chi connectivity index (χ1v) is 8.07. The highest BCUT2D eigenvalue weighted by Crippen LogP contribution is 2.30. The molecule has 9 heteroatoms. The smallest absolute Gasteiger partial charge is 0.371 e. The second kappa shape index (κ2) is 5.55. The Kier molecular flexibility index (Phi) is 4.17. The average molecular weight is 363 g/mol. The van der Waals surface area contributed by atoms with Crippen molar-refractivity contribution in [2.75, 3.05) is 0 Å². The number of carboxylic acids is 1. The molecule has 0 spiro atoms. The number of nitrogens with one attached hydrogen (secondary N) is 1. The molecular weight excluding hydrogens is 352 g/mol. The number of rotatable bonds is 4. The van der Waals surface area contributed by atoms with Crippen molar-refractivity contribution in [1.82, 2.24) is 4.72 Å². The van der Waals surface area contributed by atoms with Gasteiger partial charge < -0.3 is 9.52 Å². The molecule has 0 saturated heterocycles.